The van der Waals surface area contributed by atoms with Gasteiger partial charge in [0.2, 0.25) is 0 Å². The summed E-state index contributed by atoms with van der Waals surface area (Å²) >= 11 is 0. The average Bonchev–Trinajstić information content (AvgIpc) is 2.66. The molecule has 7 heteroatoms. The van der Waals surface area contributed by atoms with Crippen molar-refractivity contribution in [3.63, 3.8) is 0 Å². The fourth-order valence-corrected chi connectivity index (χ4v) is 1.75. The lowest BCUT2D eigenvalue weighted by Gasteiger charge is -2.03. The summed E-state index contributed by atoms with van der Waals surface area (Å²) in [6.07, 6.45) is 6.89. The number of rotatable bonds is 2. The second-order valence-corrected chi connectivity index (χ2v) is 5.34. The number of hydrogen-bond donors (Lipinski definition) is 1. The molecule has 0 aliphatic carbocycles. The zero-order valence-corrected chi connectivity index (χ0v) is 9.35. The molecule has 0 fully saturated rings. The van der Waals surface area contributed by atoms with Crippen LogP contribution < -0.4 is 5.73 Å². The van der Waals surface area contributed by atoms with E-state index in [0.29, 0.717) is 11.4 Å². The van der Waals surface area contributed by atoms with E-state index in [1.165, 1.54) is 23.3 Å². The zero-order chi connectivity index (χ0) is 11.8. The molecule has 0 amide bonds. The Kier molecular flexibility index (Phi) is 2.39. The molecule has 2 heterocycles. The van der Waals surface area contributed by atoms with Crippen molar-refractivity contribution < 1.29 is 8.42 Å². The fourth-order valence-electron chi connectivity index (χ4n) is 1.22. The Morgan fingerprint density at radius 2 is 2.12 bits per heavy atom. The summed E-state index contributed by atoms with van der Waals surface area (Å²) in [6.45, 7) is 0. The fraction of sp³-hybridized carbons (Fsp3) is 0.111. The number of anilines is 1. The molecule has 0 unspecified atom stereocenters. The predicted molar refractivity (Wildman–Crippen MR) is 58.9 cm³/mol. The predicted octanol–water partition coefficient (Wildman–Crippen LogP) is 0.253. The largest absolute Gasteiger partial charge is 0.397 e. The number of sulfone groups is 1. The van der Waals surface area contributed by atoms with Gasteiger partial charge in [0, 0.05) is 18.6 Å². The van der Waals surface area contributed by atoms with Crippen LogP contribution in [0.2, 0.25) is 0 Å². The minimum Gasteiger partial charge on any atom is -0.397 e. The molecule has 84 valence electrons. The molecule has 0 aliphatic rings. The third kappa shape index (κ3) is 1.89. The van der Waals surface area contributed by atoms with E-state index in [-0.39, 0.29) is 4.90 Å². The molecule has 6 nitrogen and oxygen atoms in total. The highest BCUT2D eigenvalue weighted by Gasteiger charge is 2.11. The summed E-state index contributed by atoms with van der Waals surface area (Å²) < 4.78 is 23.9. The highest BCUT2D eigenvalue weighted by atomic mass is 32.2. The van der Waals surface area contributed by atoms with Crippen LogP contribution in [0.25, 0.3) is 5.69 Å². The molecule has 2 aromatic rings. The van der Waals surface area contributed by atoms with E-state index in [4.69, 9.17) is 5.73 Å². The van der Waals surface area contributed by atoms with Crippen LogP contribution in [0.1, 0.15) is 0 Å². The molecule has 0 aliphatic heterocycles. The highest BCUT2D eigenvalue weighted by Crippen LogP contribution is 2.16. The van der Waals surface area contributed by atoms with Crippen molar-refractivity contribution in [3.05, 3.63) is 30.9 Å². The van der Waals surface area contributed by atoms with E-state index in [0.717, 1.165) is 6.26 Å². The van der Waals surface area contributed by atoms with Crippen molar-refractivity contribution in [2.45, 2.75) is 4.90 Å². The minimum atomic E-state index is -3.25. The van der Waals surface area contributed by atoms with Crippen LogP contribution in [0.4, 0.5) is 5.69 Å². The Morgan fingerprint density at radius 3 is 2.69 bits per heavy atom. The van der Waals surface area contributed by atoms with Crippen LogP contribution in [0.3, 0.4) is 0 Å². The molecular weight excluding hydrogens is 228 g/mol. The summed E-state index contributed by atoms with van der Waals surface area (Å²) in [5.74, 6) is 0. The van der Waals surface area contributed by atoms with Crippen LogP contribution in [0, 0.1) is 0 Å². The van der Waals surface area contributed by atoms with Gasteiger partial charge in [-0.3, -0.25) is 4.98 Å². The highest BCUT2D eigenvalue weighted by molar-refractivity contribution is 7.90. The normalized spacial score (nSPS) is 11.6. The number of nitrogens with two attached hydrogens (primary N) is 1. The number of pyridine rings is 1. The first-order chi connectivity index (χ1) is 7.48. The standard InChI is InChI=1S/C9H10N4O2S/c1-16(14,15)7-4-12-13(6-7)9-5-11-3-2-8(9)10/h2-6H,1H3,(H2,10,11). The van der Waals surface area contributed by atoms with Crippen LogP contribution in [0.5, 0.6) is 0 Å². The van der Waals surface area contributed by atoms with Gasteiger partial charge in [0.1, 0.15) is 10.6 Å². The third-order valence-corrected chi connectivity index (χ3v) is 3.13. The lowest BCUT2D eigenvalue weighted by atomic mass is 10.3. The van der Waals surface area contributed by atoms with E-state index >= 15 is 0 Å². The summed E-state index contributed by atoms with van der Waals surface area (Å²) in [5, 5.41) is 3.93. The summed E-state index contributed by atoms with van der Waals surface area (Å²) in [4.78, 5) is 4.05. The van der Waals surface area contributed by atoms with E-state index < -0.39 is 9.84 Å². The van der Waals surface area contributed by atoms with Crippen molar-refractivity contribution >= 4 is 15.5 Å². The molecule has 2 N–H and O–H groups in total. The van der Waals surface area contributed by atoms with Crippen LogP contribution in [0.15, 0.2) is 35.7 Å². The second kappa shape index (κ2) is 3.60. The number of nitrogen functional groups attached to an aromatic ring is 1. The molecular formula is C9H10N4O2S. The smallest absolute Gasteiger partial charge is 0.178 e. The molecule has 16 heavy (non-hydrogen) atoms. The average molecular weight is 238 g/mol. The molecule has 2 aromatic heterocycles. The topological polar surface area (TPSA) is 90.9 Å². The maximum absolute atomic E-state index is 11.3. The van der Waals surface area contributed by atoms with E-state index in [2.05, 4.69) is 10.1 Å². The van der Waals surface area contributed by atoms with Crippen molar-refractivity contribution in [2.75, 3.05) is 12.0 Å². The minimum absolute atomic E-state index is 0.149. The summed E-state index contributed by atoms with van der Waals surface area (Å²) in [5.41, 5.74) is 6.76. The third-order valence-electron chi connectivity index (χ3n) is 2.07. The van der Waals surface area contributed by atoms with Gasteiger partial charge < -0.3 is 5.73 Å². The van der Waals surface area contributed by atoms with Crippen LogP contribution in [-0.4, -0.2) is 29.4 Å². The molecule has 0 bridgehead atoms. The van der Waals surface area contributed by atoms with Gasteiger partial charge in [-0.2, -0.15) is 5.10 Å². The Bertz CT molecular complexity index is 618. The molecule has 0 atom stereocenters. The van der Waals surface area contributed by atoms with Crippen LogP contribution in [-0.2, 0) is 9.84 Å². The van der Waals surface area contributed by atoms with Crippen LogP contribution >= 0.6 is 0 Å². The van der Waals surface area contributed by atoms with Crippen molar-refractivity contribution in [3.8, 4) is 5.69 Å². The van der Waals surface area contributed by atoms with E-state index in [1.54, 1.807) is 12.3 Å². The van der Waals surface area contributed by atoms with Crippen molar-refractivity contribution in [1.82, 2.24) is 14.8 Å². The maximum atomic E-state index is 11.3. The lowest BCUT2D eigenvalue weighted by molar-refractivity contribution is 0.602. The van der Waals surface area contributed by atoms with Crippen molar-refractivity contribution in [2.24, 2.45) is 0 Å². The first-order valence-corrected chi connectivity index (χ1v) is 6.32. The molecule has 2 rings (SSSR count). The number of aromatic nitrogens is 3. The molecule has 0 radical (unpaired) electrons. The Labute approximate surface area is 92.6 Å². The van der Waals surface area contributed by atoms with Gasteiger partial charge in [-0.1, -0.05) is 0 Å². The molecule has 0 saturated heterocycles. The van der Waals surface area contributed by atoms with Gasteiger partial charge in [-0.15, -0.1) is 0 Å². The first-order valence-electron chi connectivity index (χ1n) is 4.43. The first kappa shape index (κ1) is 10.6. The lowest BCUT2D eigenvalue weighted by Crippen LogP contribution is -2.00. The van der Waals surface area contributed by atoms with Crippen molar-refractivity contribution in [1.29, 1.82) is 0 Å². The van der Waals surface area contributed by atoms with Gasteiger partial charge in [-0.05, 0) is 6.07 Å². The quantitative estimate of drug-likeness (QED) is 0.810. The Morgan fingerprint density at radius 1 is 1.38 bits per heavy atom. The second-order valence-electron chi connectivity index (χ2n) is 3.33. The number of hydrogen-bond acceptors (Lipinski definition) is 5. The van der Waals surface area contributed by atoms with Gasteiger partial charge in [0.15, 0.2) is 9.84 Å². The van der Waals surface area contributed by atoms with E-state index in [1.807, 2.05) is 0 Å². The number of nitrogens with zero attached hydrogens (tertiary/aromatic N) is 3. The molecule has 0 saturated carbocycles. The van der Waals surface area contributed by atoms with Gasteiger partial charge >= 0.3 is 0 Å². The zero-order valence-electron chi connectivity index (χ0n) is 8.53. The molecule has 0 spiro atoms. The van der Waals surface area contributed by atoms with Gasteiger partial charge in [0.05, 0.1) is 18.1 Å². The summed E-state index contributed by atoms with van der Waals surface area (Å²) in [6, 6.07) is 1.62. The Balaban J connectivity index is 2.52. The summed E-state index contributed by atoms with van der Waals surface area (Å²) in [7, 11) is -3.25. The van der Waals surface area contributed by atoms with Gasteiger partial charge in [-0.25, -0.2) is 13.1 Å². The molecule has 0 aromatic carbocycles. The SMILES string of the molecule is CS(=O)(=O)c1cnn(-c2cnccc2N)c1. The Hall–Kier alpha value is -1.89. The van der Waals surface area contributed by atoms with E-state index in [9.17, 15) is 8.42 Å². The maximum Gasteiger partial charge on any atom is 0.178 e. The van der Waals surface area contributed by atoms with Gasteiger partial charge in [0.25, 0.3) is 0 Å². The monoisotopic (exact) mass is 238 g/mol.